The maximum Gasteiger partial charge on any atom is 0.326 e. The highest BCUT2D eigenvalue weighted by Crippen LogP contribution is 2.40. The third kappa shape index (κ3) is 4.21. The predicted molar refractivity (Wildman–Crippen MR) is 96.3 cm³/mol. The molecule has 1 atom stereocenters. The second kappa shape index (κ2) is 7.56. The highest BCUT2D eigenvalue weighted by molar-refractivity contribution is 5.84. The molecule has 1 N–H and O–H groups in total. The largest absolute Gasteiger partial charge is 0.480 e. The average Bonchev–Trinajstić information content (AvgIpc) is 2.64. The fourth-order valence-corrected chi connectivity index (χ4v) is 4.12. The van der Waals surface area contributed by atoms with Crippen LogP contribution in [0.1, 0.15) is 38.2 Å². The zero-order valence-electron chi connectivity index (χ0n) is 15.0. The van der Waals surface area contributed by atoms with Crippen molar-refractivity contribution in [3.8, 4) is 0 Å². The molecule has 1 unspecified atom stereocenters. The van der Waals surface area contributed by atoms with Crippen molar-refractivity contribution in [1.82, 2.24) is 9.80 Å². The first kappa shape index (κ1) is 17.9. The van der Waals surface area contributed by atoms with Crippen molar-refractivity contribution < 1.29 is 14.7 Å². The van der Waals surface area contributed by atoms with E-state index in [0.29, 0.717) is 13.0 Å². The van der Waals surface area contributed by atoms with Gasteiger partial charge in [-0.15, -0.1) is 0 Å². The second-order valence-electron chi connectivity index (χ2n) is 7.61. The molecule has 5 nitrogen and oxygen atoms in total. The molecule has 3 rings (SSSR count). The van der Waals surface area contributed by atoms with E-state index in [-0.39, 0.29) is 11.3 Å². The first-order valence-electron chi connectivity index (χ1n) is 9.28. The smallest absolute Gasteiger partial charge is 0.326 e. The molecule has 0 bridgehead atoms. The summed E-state index contributed by atoms with van der Waals surface area (Å²) < 4.78 is 0. The molecule has 136 valence electrons. The summed E-state index contributed by atoms with van der Waals surface area (Å²) in [4.78, 5) is 27.5. The predicted octanol–water partition coefficient (Wildman–Crippen LogP) is 2.41. The van der Waals surface area contributed by atoms with E-state index in [1.165, 1.54) is 5.56 Å². The Balaban J connectivity index is 1.53. The maximum atomic E-state index is 12.1. The van der Waals surface area contributed by atoms with Crippen LogP contribution in [0.15, 0.2) is 30.3 Å². The van der Waals surface area contributed by atoms with Crippen LogP contribution in [0.25, 0.3) is 0 Å². The second-order valence-corrected chi connectivity index (χ2v) is 7.61. The number of amides is 1. The van der Waals surface area contributed by atoms with Crippen molar-refractivity contribution in [3.63, 3.8) is 0 Å². The fraction of sp³-hybridized carbons (Fsp3) is 0.600. The van der Waals surface area contributed by atoms with Crippen LogP contribution >= 0.6 is 0 Å². The van der Waals surface area contributed by atoms with E-state index in [4.69, 9.17) is 0 Å². The molecule has 1 aromatic carbocycles. The quantitative estimate of drug-likeness (QED) is 0.891. The number of nitrogens with zero attached hydrogens (tertiary/aromatic N) is 2. The number of rotatable bonds is 5. The van der Waals surface area contributed by atoms with Crippen molar-refractivity contribution in [3.05, 3.63) is 35.9 Å². The van der Waals surface area contributed by atoms with E-state index < -0.39 is 12.0 Å². The Kier molecular flexibility index (Phi) is 5.42. The van der Waals surface area contributed by atoms with Gasteiger partial charge in [0.15, 0.2) is 0 Å². The summed E-state index contributed by atoms with van der Waals surface area (Å²) in [6.45, 7) is 5.36. The van der Waals surface area contributed by atoms with Gasteiger partial charge in [-0.2, -0.15) is 0 Å². The third-order valence-corrected chi connectivity index (χ3v) is 6.00. The van der Waals surface area contributed by atoms with Gasteiger partial charge < -0.3 is 14.9 Å². The lowest BCUT2D eigenvalue weighted by Crippen LogP contribution is -2.55. The fourth-order valence-electron chi connectivity index (χ4n) is 4.12. The molecular weight excluding hydrogens is 316 g/mol. The lowest BCUT2D eigenvalue weighted by atomic mass is 9.72. The molecule has 2 aliphatic rings. The minimum absolute atomic E-state index is 0.00738. The summed E-state index contributed by atoms with van der Waals surface area (Å²) in [6, 6.07) is 9.82. The number of carboxylic acids is 1. The lowest BCUT2D eigenvalue weighted by molar-refractivity contribution is -0.154. The molecular formula is C20H28N2O3. The van der Waals surface area contributed by atoms with E-state index in [1.807, 2.05) is 6.07 Å². The van der Waals surface area contributed by atoms with Gasteiger partial charge in [0.05, 0.1) is 0 Å². The summed E-state index contributed by atoms with van der Waals surface area (Å²) >= 11 is 0. The molecule has 5 heteroatoms. The van der Waals surface area contributed by atoms with E-state index >= 15 is 0 Å². The number of carboxylic acid groups (broad SMARTS) is 1. The number of piperidine rings is 2. The highest BCUT2D eigenvalue weighted by Gasteiger charge is 2.43. The van der Waals surface area contributed by atoms with Crippen molar-refractivity contribution in [2.24, 2.45) is 5.41 Å². The summed E-state index contributed by atoms with van der Waals surface area (Å²) in [5, 5.41) is 9.26. The Morgan fingerprint density at radius 1 is 1.20 bits per heavy atom. The molecule has 1 amide bonds. The topological polar surface area (TPSA) is 60.9 Å². The van der Waals surface area contributed by atoms with Gasteiger partial charge in [0.25, 0.3) is 0 Å². The maximum absolute atomic E-state index is 12.1. The summed E-state index contributed by atoms with van der Waals surface area (Å²) in [5.41, 5.74) is 1.48. The minimum atomic E-state index is -0.911. The first-order chi connectivity index (χ1) is 12.0. The summed E-state index contributed by atoms with van der Waals surface area (Å²) in [6.07, 6.45) is 4.56. The molecule has 0 radical (unpaired) electrons. The third-order valence-electron chi connectivity index (χ3n) is 6.00. The average molecular weight is 344 g/mol. The minimum Gasteiger partial charge on any atom is -0.480 e. The van der Waals surface area contributed by atoms with Crippen molar-refractivity contribution >= 4 is 11.9 Å². The van der Waals surface area contributed by atoms with Gasteiger partial charge in [-0.3, -0.25) is 4.79 Å². The lowest BCUT2D eigenvalue weighted by Gasteiger charge is -2.48. The summed E-state index contributed by atoms with van der Waals surface area (Å²) in [7, 11) is 0. The number of aliphatic carboxylic acids is 1. The monoisotopic (exact) mass is 344 g/mol. The van der Waals surface area contributed by atoms with Crippen molar-refractivity contribution in [2.45, 2.75) is 45.1 Å². The standard InChI is InChI=1S/C20H28N2O3/c1-16(19(24)25)22-15-20(9-7-18(22)23)10-13-21(14-11-20)12-8-17-5-3-2-4-6-17/h2-6,16H,7-15H2,1H3,(H,24,25). The molecule has 1 aromatic rings. The van der Waals surface area contributed by atoms with Crippen LogP contribution in [-0.4, -0.2) is 59.0 Å². The Labute approximate surface area is 149 Å². The molecule has 2 heterocycles. The van der Waals surface area contributed by atoms with Crippen LogP contribution in [0.5, 0.6) is 0 Å². The molecule has 25 heavy (non-hydrogen) atoms. The first-order valence-corrected chi connectivity index (χ1v) is 9.28. The van der Waals surface area contributed by atoms with E-state index in [1.54, 1.807) is 11.8 Å². The van der Waals surface area contributed by atoms with Crippen molar-refractivity contribution in [2.75, 3.05) is 26.2 Å². The van der Waals surface area contributed by atoms with E-state index in [0.717, 1.165) is 45.3 Å². The number of carbonyl (C=O) groups is 2. The Morgan fingerprint density at radius 3 is 2.52 bits per heavy atom. The van der Waals surface area contributed by atoms with Crippen LogP contribution in [-0.2, 0) is 16.0 Å². The molecule has 2 fully saturated rings. The molecule has 0 aliphatic carbocycles. The highest BCUT2D eigenvalue weighted by atomic mass is 16.4. The summed E-state index contributed by atoms with van der Waals surface area (Å²) in [5.74, 6) is -0.919. The molecule has 2 aliphatic heterocycles. The van der Waals surface area contributed by atoms with Crippen LogP contribution in [0.4, 0.5) is 0 Å². The number of carbonyl (C=O) groups excluding carboxylic acids is 1. The van der Waals surface area contributed by atoms with Crippen LogP contribution < -0.4 is 0 Å². The van der Waals surface area contributed by atoms with Crippen LogP contribution in [0, 0.1) is 5.41 Å². The zero-order chi connectivity index (χ0) is 17.9. The van der Waals surface area contributed by atoms with Gasteiger partial charge in [0, 0.05) is 19.5 Å². The molecule has 1 spiro atoms. The van der Waals surface area contributed by atoms with Gasteiger partial charge in [-0.05, 0) is 56.7 Å². The van der Waals surface area contributed by atoms with Gasteiger partial charge in [-0.25, -0.2) is 4.79 Å². The number of benzene rings is 1. The van der Waals surface area contributed by atoms with Gasteiger partial charge >= 0.3 is 5.97 Å². The number of hydrogen-bond acceptors (Lipinski definition) is 3. The zero-order valence-corrected chi connectivity index (χ0v) is 15.0. The molecule has 2 saturated heterocycles. The SMILES string of the molecule is CC(C(=O)O)N1CC2(CCC1=O)CCN(CCc1ccccc1)CC2. The Bertz CT molecular complexity index is 609. The van der Waals surface area contributed by atoms with Gasteiger partial charge in [0.2, 0.25) is 5.91 Å². The van der Waals surface area contributed by atoms with E-state index in [9.17, 15) is 14.7 Å². The van der Waals surface area contributed by atoms with Gasteiger partial charge in [-0.1, -0.05) is 30.3 Å². The Hall–Kier alpha value is -1.88. The molecule has 0 aromatic heterocycles. The Morgan fingerprint density at radius 2 is 1.88 bits per heavy atom. The van der Waals surface area contributed by atoms with Crippen LogP contribution in [0.3, 0.4) is 0 Å². The van der Waals surface area contributed by atoms with Crippen LogP contribution in [0.2, 0.25) is 0 Å². The normalized spacial score (nSPS) is 22.1. The van der Waals surface area contributed by atoms with Crippen molar-refractivity contribution in [1.29, 1.82) is 0 Å². The van der Waals surface area contributed by atoms with Gasteiger partial charge in [0.1, 0.15) is 6.04 Å². The molecule has 0 saturated carbocycles. The number of likely N-dealkylation sites (tertiary alicyclic amines) is 2. The van der Waals surface area contributed by atoms with E-state index in [2.05, 4.69) is 29.2 Å². The number of hydrogen-bond donors (Lipinski definition) is 1.